The summed E-state index contributed by atoms with van der Waals surface area (Å²) >= 11 is 0. The van der Waals surface area contributed by atoms with Gasteiger partial charge in [-0.1, -0.05) is 26.8 Å². The zero-order valence-electron chi connectivity index (χ0n) is 13.0. The third-order valence-corrected chi connectivity index (χ3v) is 3.75. The van der Waals surface area contributed by atoms with Gasteiger partial charge in [-0.05, 0) is 24.8 Å². The van der Waals surface area contributed by atoms with Gasteiger partial charge >= 0.3 is 0 Å². The van der Waals surface area contributed by atoms with E-state index in [4.69, 9.17) is 9.47 Å². The third-order valence-electron chi connectivity index (χ3n) is 3.75. The van der Waals surface area contributed by atoms with Gasteiger partial charge < -0.3 is 14.8 Å². The second kappa shape index (κ2) is 6.80. The molecule has 1 atom stereocenters. The fourth-order valence-corrected chi connectivity index (χ4v) is 1.84. The molecule has 3 heteroatoms. The minimum absolute atomic E-state index is 0.256. The smallest absolute Gasteiger partial charge is 0.127 e. The zero-order chi connectivity index (χ0) is 14.5. The number of hydrogen-bond donors (Lipinski definition) is 1. The van der Waals surface area contributed by atoms with E-state index >= 15 is 0 Å². The Balaban J connectivity index is 2.79. The first kappa shape index (κ1) is 15.8. The van der Waals surface area contributed by atoms with Gasteiger partial charge in [0.2, 0.25) is 0 Å². The van der Waals surface area contributed by atoms with Crippen molar-refractivity contribution in [2.24, 2.45) is 5.41 Å². The molecule has 1 aromatic rings. The van der Waals surface area contributed by atoms with Gasteiger partial charge in [0.1, 0.15) is 11.5 Å². The van der Waals surface area contributed by atoms with E-state index in [0.29, 0.717) is 5.41 Å². The van der Waals surface area contributed by atoms with E-state index in [0.717, 1.165) is 30.0 Å². The summed E-state index contributed by atoms with van der Waals surface area (Å²) in [5, 5.41) is 3.58. The summed E-state index contributed by atoms with van der Waals surface area (Å²) in [5.74, 6) is 1.69. The number of rotatable bonds is 7. The van der Waals surface area contributed by atoms with E-state index in [2.05, 4.69) is 39.1 Å². The molecule has 1 rings (SSSR count). The van der Waals surface area contributed by atoms with Crippen LogP contribution >= 0.6 is 0 Å². The molecule has 0 heterocycles. The zero-order valence-corrected chi connectivity index (χ0v) is 13.0. The number of ether oxygens (including phenoxy) is 2. The lowest BCUT2D eigenvalue weighted by molar-refractivity contribution is 0.310. The molecule has 0 aliphatic heterocycles. The molecule has 3 nitrogen and oxygen atoms in total. The molecule has 0 saturated carbocycles. The predicted molar refractivity (Wildman–Crippen MR) is 80.0 cm³/mol. The van der Waals surface area contributed by atoms with Crippen LogP contribution in [0.3, 0.4) is 0 Å². The number of hydrogen-bond acceptors (Lipinski definition) is 3. The summed E-state index contributed by atoms with van der Waals surface area (Å²) in [7, 11) is 3.36. The molecule has 0 radical (unpaired) electrons. The molecule has 1 aromatic carbocycles. The first-order chi connectivity index (χ1) is 8.93. The summed E-state index contributed by atoms with van der Waals surface area (Å²) in [4.78, 5) is 0. The minimum atomic E-state index is 0.256. The SMILES string of the molecule is CCC(C)(C)CNC(C)c1ccc(OC)cc1OC. The van der Waals surface area contributed by atoms with E-state index in [-0.39, 0.29) is 6.04 Å². The van der Waals surface area contributed by atoms with Crippen LogP contribution in [0.5, 0.6) is 11.5 Å². The average molecular weight is 265 g/mol. The van der Waals surface area contributed by atoms with Gasteiger partial charge in [0, 0.05) is 24.2 Å². The van der Waals surface area contributed by atoms with Crippen LogP contribution in [0.1, 0.15) is 45.7 Å². The largest absolute Gasteiger partial charge is 0.497 e. The summed E-state index contributed by atoms with van der Waals surface area (Å²) in [6.07, 6.45) is 1.16. The molecular formula is C16H27NO2. The maximum atomic E-state index is 5.45. The van der Waals surface area contributed by atoms with E-state index < -0.39 is 0 Å². The van der Waals surface area contributed by atoms with Crippen LogP contribution in [0.2, 0.25) is 0 Å². The first-order valence-electron chi connectivity index (χ1n) is 6.89. The van der Waals surface area contributed by atoms with E-state index in [9.17, 15) is 0 Å². The summed E-state index contributed by atoms with van der Waals surface area (Å²) < 4.78 is 10.7. The Labute approximate surface area is 117 Å². The van der Waals surface area contributed by atoms with Crippen LogP contribution in [-0.2, 0) is 0 Å². The Morgan fingerprint density at radius 3 is 2.42 bits per heavy atom. The Morgan fingerprint density at radius 1 is 1.21 bits per heavy atom. The standard InChI is InChI=1S/C16H27NO2/c1-7-16(3,4)11-17-12(2)14-9-8-13(18-5)10-15(14)19-6/h8-10,12,17H,7,11H2,1-6H3. The van der Waals surface area contributed by atoms with Gasteiger partial charge in [-0.2, -0.15) is 0 Å². The average Bonchev–Trinajstić information content (AvgIpc) is 2.44. The fourth-order valence-electron chi connectivity index (χ4n) is 1.84. The van der Waals surface area contributed by atoms with Crippen molar-refractivity contribution < 1.29 is 9.47 Å². The molecule has 0 bridgehead atoms. The summed E-state index contributed by atoms with van der Waals surface area (Å²) in [6, 6.07) is 6.22. The molecule has 0 spiro atoms. The number of benzene rings is 1. The van der Waals surface area contributed by atoms with Crippen molar-refractivity contribution in [2.45, 2.75) is 40.2 Å². The highest BCUT2D eigenvalue weighted by molar-refractivity contribution is 5.42. The molecule has 0 aliphatic rings. The number of nitrogens with one attached hydrogen (secondary N) is 1. The second-order valence-corrected chi connectivity index (χ2v) is 5.73. The molecule has 1 N–H and O–H groups in total. The van der Waals surface area contributed by atoms with Crippen LogP contribution in [0, 0.1) is 5.41 Å². The number of methoxy groups -OCH3 is 2. The van der Waals surface area contributed by atoms with E-state index in [1.54, 1.807) is 14.2 Å². The topological polar surface area (TPSA) is 30.5 Å². The van der Waals surface area contributed by atoms with Gasteiger partial charge in [-0.25, -0.2) is 0 Å². The second-order valence-electron chi connectivity index (χ2n) is 5.73. The molecule has 0 amide bonds. The van der Waals surface area contributed by atoms with Gasteiger partial charge in [0.25, 0.3) is 0 Å². The lowest BCUT2D eigenvalue weighted by Gasteiger charge is -2.26. The van der Waals surface area contributed by atoms with Crippen molar-refractivity contribution >= 4 is 0 Å². The van der Waals surface area contributed by atoms with Crippen molar-refractivity contribution in [1.82, 2.24) is 5.32 Å². The van der Waals surface area contributed by atoms with Crippen molar-refractivity contribution in [3.63, 3.8) is 0 Å². The monoisotopic (exact) mass is 265 g/mol. The van der Waals surface area contributed by atoms with Crippen LogP contribution < -0.4 is 14.8 Å². The van der Waals surface area contributed by atoms with Gasteiger partial charge in [-0.3, -0.25) is 0 Å². The van der Waals surface area contributed by atoms with Crippen LogP contribution in [0.15, 0.2) is 18.2 Å². The van der Waals surface area contributed by atoms with Gasteiger partial charge in [-0.15, -0.1) is 0 Å². The lowest BCUT2D eigenvalue weighted by atomic mass is 9.90. The predicted octanol–water partition coefficient (Wildman–Crippen LogP) is 3.79. The van der Waals surface area contributed by atoms with Crippen LogP contribution in [0.4, 0.5) is 0 Å². The quantitative estimate of drug-likeness (QED) is 0.813. The van der Waals surface area contributed by atoms with Crippen molar-refractivity contribution in [2.75, 3.05) is 20.8 Å². The summed E-state index contributed by atoms with van der Waals surface area (Å²) in [6.45, 7) is 9.92. The Hall–Kier alpha value is -1.22. The minimum Gasteiger partial charge on any atom is -0.497 e. The Kier molecular flexibility index (Phi) is 5.67. The molecule has 0 aliphatic carbocycles. The maximum absolute atomic E-state index is 5.45. The van der Waals surface area contributed by atoms with Crippen molar-refractivity contribution in [3.05, 3.63) is 23.8 Å². The van der Waals surface area contributed by atoms with E-state index in [1.807, 2.05) is 12.1 Å². The Morgan fingerprint density at radius 2 is 1.89 bits per heavy atom. The molecule has 108 valence electrons. The van der Waals surface area contributed by atoms with Crippen molar-refractivity contribution in [1.29, 1.82) is 0 Å². The molecule has 0 saturated heterocycles. The maximum Gasteiger partial charge on any atom is 0.127 e. The molecular weight excluding hydrogens is 238 g/mol. The molecule has 1 unspecified atom stereocenters. The van der Waals surface area contributed by atoms with Gasteiger partial charge in [0.15, 0.2) is 0 Å². The highest BCUT2D eigenvalue weighted by atomic mass is 16.5. The molecule has 0 aromatic heterocycles. The van der Waals surface area contributed by atoms with E-state index in [1.165, 1.54) is 0 Å². The fraction of sp³-hybridized carbons (Fsp3) is 0.625. The first-order valence-corrected chi connectivity index (χ1v) is 6.89. The van der Waals surface area contributed by atoms with Crippen LogP contribution in [-0.4, -0.2) is 20.8 Å². The van der Waals surface area contributed by atoms with Crippen LogP contribution in [0.25, 0.3) is 0 Å². The molecule has 19 heavy (non-hydrogen) atoms. The summed E-state index contributed by atoms with van der Waals surface area (Å²) in [5.41, 5.74) is 1.48. The third kappa shape index (κ3) is 4.43. The Bertz CT molecular complexity index is 402. The highest BCUT2D eigenvalue weighted by Crippen LogP contribution is 2.30. The lowest BCUT2D eigenvalue weighted by Crippen LogP contribution is -2.31. The van der Waals surface area contributed by atoms with Crippen molar-refractivity contribution in [3.8, 4) is 11.5 Å². The molecule has 0 fully saturated rings. The van der Waals surface area contributed by atoms with Gasteiger partial charge in [0.05, 0.1) is 14.2 Å². The normalized spacial score (nSPS) is 13.2. The highest BCUT2D eigenvalue weighted by Gasteiger charge is 2.18.